The molecule has 0 bridgehead atoms. The van der Waals surface area contributed by atoms with Crippen molar-refractivity contribution < 1.29 is 9.90 Å². The Hall–Kier alpha value is -0.570. The molecule has 0 saturated carbocycles. The highest BCUT2D eigenvalue weighted by Gasteiger charge is 1.96. The Morgan fingerprint density at radius 3 is 1.48 bits per heavy atom. The summed E-state index contributed by atoms with van der Waals surface area (Å²) in [7, 11) is 0. The van der Waals surface area contributed by atoms with Gasteiger partial charge in [-0.25, -0.2) is 0 Å². The highest BCUT2D eigenvalue weighted by Crippen LogP contribution is 2.10. The molecule has 0 rings (SSSR count). The van der Waals surface area contributed by atoms with Crippen LogP contribution < -0.4 is 5.32 Å². The van der Waals surface area contributed by atoms with Gasteiger partial charge in [0.15, 0.2) is 0 Å². The molecule has 0 aliphatic heterocycles. The van der Waals surface area contributed by atoms with Gasteiger partial charge < -0.3 is 10.4 Å². The van der Waals surface area contributed by atoms with Gasteiger partial charge in [0.2, 0.25) is 0 Å². The number of unbranched alkanes of at least 4 members (excludes halogenated alkanes) is 13. The first kappa shape index (κ1) is 22.4. The molecular weight excluding hydrogens is 286 g/mol. The van der Waals surface area contributed by atoms with Gasteiger partial charge in [-0.05, 0) is 32.4 Å². The third-order valence-electron chi connectivity index (χ3n) is 4.45. The Kier molecular flexibility index (Phi) is 19.0. The number of carboxylic acid groups (broad SMARTS) is 1. The number of hydrogen-bond acceptors (Lipinski definition) is 2. The van der Waals surface area contributed by atoms with E-state index in [1.165, 1.54) is 83.5 Å². The standard InChI is InChI=1S/C20H41NO2/c1-2-3-4-5-6-7-8-9-12-15-18-21-19-16-13-10-11-14-17-20(22)23/h21H,2-19H2,1H3,(H,22,23). The Morgan fingerprint density at radius 1 is 0.652 bits per heavy atom. The van der Waals surface area contributed by atoms with E-state index in [-0.39, 0.29) is 0 Å². The molecule has 0 amide bonds. The van der Waals surface area contributed by atoms with Crippen molar-refractivity contribution in [2.24, 2.45) is 0 Å². The maximum Gasteiger partial charge on any atom is 0.303 e. The summed E-state index contributed by atoms with van der Waals surface area (Å²) in [6.07, 6.45) is 19.8. The molecular formula is C20H41NO2. The van der Waals surface area contributed by atoms with E-state index in [0.29, 0.717) is 6.42 Å². The van der Waals surface area contributed by atoms with Gasteiger partial charge in [-0.2, -0.15) is 0 Å². The average Bonchev–Trinajstić information content (AvgIpc) is 2.53. The van der Waals surface area contributed by atoms with E-state index in [2.05, 4.69) is 12.2 Å². The number of aliphatic carboxylic acids is 1. The Balaban J connectivity index is 2.96. The summed E-state index contributed by atoms with van der Waals surface area (Å²) < 4.78 is 0. The lowest BCUT2D eigenvalue weighted by Gasteiger charge is -2.05. The van der Waals surface area contributed by atoms with Crippen molar-refractivity contribution in [3.05, 3.63) is 0 Å². The van der Waals surface area contributed by atoms with E-state index in [4.69, 9.17) is 5.11 Å². The highest BCUT2D eigenvalue weighted by molar-refractivity contribution is 5.66. The van der Waals surface area contributed by atoms with E-state index in [1.54, 1.807) is 0 Å². The molecule has 0 aromatic carbocycles. The molecule has 2 N–H and O–H groups in total. The molecule has 0 aliphatic carbocycles. The van der Waals surface area contributed by atoms with Gasteiger partial charge in [-0.3, -0.25) is 4.79 Å². The van der Waals surface area contributed by atoms with Crippen LogP contribution in [0.1, 0.15) is 110 Å². The molecule has 3 heteroatoms. The molecule has 3 nitrogen and oxygen atoms in total. The zero-order valence-corrected chi connectivity index (χ0v) is 15.6. The predicted molar refractivity (Wildman–Crippen MR) is 100 cm³/mol. The van der Waals surface area contributed by atoms with Gasteiger partial charge in [0, 0.05) is 6.42 Å². The van der Waals surface area contributed by atoms with E-state index in [9.17, 15) is 4.79 Å². The summed E-state index contributed by atoms with van der Waals surface area (Å²) in [6, 6.07) is 0. The summed E-state index contributed by atoms with van der Waals surface area (Å²) in [4.78, 5) is 10.4. The first-order valence-corrected chi connectivity index (χ1v) is 10.2. The van der Waals surface area contributed by atoms with E-state index in [0.717, 1.165) is 25.9 Å². The van der Waals surface area contributed by atoms with Crippen molar-refractivity contribution in [1.29, 1.82) is 0 Å². The summed E-state index contributed by atoms with van der Waals surface area (Å²) in [5.41, 5.74) is 0. The molecule has 0 saturated heterocycles. The zero-order chi connectivity index (χ0) is 17.0. The Labute approximate surface area is 144 Å². The molecule has 23 heavy (non-hydrogen) atoms. The Bertz CT molecular complexity index is 244. The molecule has 0 fully saturated rings. The molecule has 0 radical (unpaired) electrons. The van der Waals surface area contributed by atoms with Gasteiger partial charge in [-0.1, -0.05) is 84.0 Å². The van der Waals surface area contributed by atoms with Crippen LogP contribution in [0.4, 0.5) is 0 Å². The van der Waals surface area contributed by atoms with Crippen molar-refractivity contribution in [2.45, 2.75) is 110 Å². The van der Waals surface area contributed by atoms with Gasteiger partial charge in [-0.15, -0.1) is 0 Å². The molecule has 0 aromatic heterocycles. The fraction of sp³-hybridized carbons (Fsp3) is 0.950. The van der Waals surface area contributed by atoms with Crippen LogP contribution in [0.15, 0.2) is 0 Å². The van der Waals surface area contributed by atoms with Crippen LogP contribution in [-0.2, 0) is 4.79 Å². The maximum absolute atomic E-state index is 10.4. The molecule has 0 unspecified atom stereocenters. The lowest BCUT2D eigenvalue weighted by molar-refractivity contribution is -0.137. The van der Waals surface area contributed by atoms with Crippen molar-refractivity contribution in [3.63, 3.8) is 0 Å². The lowest BCUT2D eigenvalue weighted by Crippen LogP contribution is -2.16. The smallest absolute Gasteiger partial charge is 0.303 e. The number of hydrogen-bond donors (Lipinski definition) is 2. The van der Waals surface area contributed by atoms with Crippen LogP contribution in [0.25, 0.3) is 0 Å². The first-order chi connectivity index (χ1) is 11.3. The van der Waals surface area contributed by atoms with Crippen LogP contribution in [-0.4, -0.2) is 24.2 Å². The van der Waals surface area contributed by atoms with E-state index < -0.39 is 5.97 Å². The summed E-state index contributed by atoms with van der Waals surface area (Å²) in [6.45, 7) is 4.56. The SMILES string of the molecule is CCCCCCCCCCCCNCCCCCCCC(=O)O. The zero-order valence-electron chi connectivity index (χ0n) is 15.6. The number of nitrogens with one attached hydrogen (secondary N) is 1. The maximum atomic E-state index is 10.4. The number of carboxylic acids is 1. The topological polar surface area (TPSA) is 49.3 Å². The lowest BCUT2D eigenvalue weighted by atomic mass is 10.1. The predicted octanol–water partition coefficient (Wildman–Crippen LogP) is 5.92. The van der Waals surface area contributed by atoms with E-state index >= 15 is 0 Å². The monoisotopic (exact) mass is 327 g/mol. The van der Waals surface area contributed by atoms with Crippen LogP contribution in [0, 0.1) is 0 Å². The molecule has 0 aliphatic rings. The summed E-state index contributed by atoms with van der Waals surface area (Å²) in [5.74, 6) is -0.664. The fourth-order valence-electron chi connectivity index (χ4n) is 2.92. The van der Waals surface area contributed by atoms with Crippen LogP contribution in [0.2, 0.25) is 0 Å². The second-order valence-corrected chi connectivity index (χ2v) is 6.84. The van der Waals surface area contributed by atoms with Gasteiger partial charge in [0.05, 0.1) is 0 Å². The van der Waals surface area contributed by atoms with Crippen molar-refractivity contribution in [3.8, 4) is 0 Å². The fourth-order valence-corrected chi connectivity index (χ4v) is 2.92. The summed E-state index contributed by atoms with van der Waals surface area (Å²) in [5, 5.41) is 12.1. The van der Waals surface area contributed by atoms with Crippen molar-refractivity contribution in [1.82, 2.24) is 5.32 Å². The van der Waals surface area contributed by atoms with Crippen molar-refractivity contribution in [2.75, 3.05) is 13.1 Å². The number of rotatable bonds is 19. The van der Waals surface area contributed by atoms with Crippen molar-refractivity contribution >= 4 is 5.97 Å². The van der Waals surface area contributed by atoms with Crippen LogP contribution >= 0.6 is 0 Å². The molecule has 0 heterocycles. The number of carbonyl (C=O) groups is 1. The van der Waals surface area contributed by atoms with E-state index in [1.807, 2.05) is 0 Å². The van der Waals surface area contributed by atoms with Crippen LogP contribution in [0.3, 0.4) is 0 Å². The largest absolute Gasteiger partial charge is 0.481 e. The average molecular weight is 328 g/mol. The third kappa shape index (κ3) is 21.4. The molecule has 0 atom stereocenters. The third-order valence-corrected chi connectivity index (χ3v) is 4.45. The molecule has 0 spiro atoms. The highest BCUT2D eigenvalue weighted by atomic mass is 16.4. The van der Waals surface area contributed by atoms with Crippen LogP contribution in [0.5, 0.6) is 0 Å². The minimum Gasteiger partial charge on any atom is -0.481 e. The Morgan fingerprint density at radius 2 is 1.04 bits per heavy atom. The second kappa shape index (κ2) is 19.5. The second-order valence-electron chi connectivity index (χ2n) is 6.84. The van der Waals surface area contributed by atoms with Gasteiger partial charge in [0.1, 0.15) is 0 Å². The normalized spacial score (nSPS) is 11.0. The van der Waals surface area contributed by atoms with Gasteiger partial charge >= 0.3 is 5.97 Å². The first-order valence-electron chi connectivity index (χ1n) is 10.2. The minimum absolute atomic E-state index is 0.330. The van der Waals surface area contributed by atoms with Gasteiger partial charge in [0.25, 0.3) is 0 Å². The molecule has 138 valence electrons. The molecule has 0 aromatic rings. The summed E-state index contributed by atoms with van der Waals surface area (Å²) >= 11 is 0. The quantitative estimate of drug-likeness (QED) is 0.289. The minimum atomic E-state index is -0.664.